The van der Waals surface area contributed by atoms with Gasteiger partial charge in [-0.05, 0) is 79.2 Å². The molecule has 0 unspecified atom stereocenters. The molecular formula is C53H33N3O. The molecule has 0 spiro atoms. The van der Waals surface area contributed by atoms with Crippen LogP contribution in [0.5, 0.6) is 0 Å². The van der Waals surface area contributed by atoms with Gasteiger partial charge >= 0.3 is 0 Å². The maximum absolute atomic E-state index is 6.51. The first-order valence-electron chi connectivity index (χ1n) is 19.2. The molecule has 4 heteroatoms. The number of benzene rings is 9. The number of nitrogens with zero attached hydrogens (tertiary/aromatic N) is 3. The molecule has 9 aromatic carbocycles. The van der Waals surface area contributed by atoms with Crippen molar-refractivity contribution in [3.8, 4) is 67.5 Å². The van der Waals surface area contributed by atoms with E-state index in [0.29, 0.717) is 17.5 Å². The van der Waals surface area contributed by atoms with Crippen LogP contribution in [0.15, 0.2) is 205 Å². The normalized spacial score (nSPS) is 11.5. The predicted molar refractivity (Wildman–Crippen MR) is 235 cm³/mol. The summed E-state index contributed by atoms with van der Waals surface area (Å²) in [6.45, 7) is 0. The van der Waals surface area contributed by atoms with Gasteiger partial charge in [-0.15, -0.1) is 0 Å². The van der Waals surface area contributed by atoms with Gasteiger partial charge in [0.15, 0.2) is 17.5 Å². The lowest BCUT2D eigenvalue weighted by atomic mass is 9.93. The zero-order valence-corrected chi connectivity index (χ0v) is 30.8. The van der Waals surface area contributed by atoms with Gasteiger partial charge in [0.2, 0.25) is 0 Å². The van der Waals surface area contributed by atoms with E-state index in [1.165, 1.54) is 27.5 Å². The van der Waals surface area contributed by atoms with Gasteiger partial charge in [0, 0.05) is 21.9 Å². The van der Waals surface area contributed by atoms with Crippen molar-refractivity contribution in [3.05, 3.63) is 200 Å². The van der Waals surface area contributed by atoms with Crippen molar-refractivity contribution in [2.24, 2.45) is 0 Å². The molecule has 0 N–H and O–H groups in total. The molecule has 0 aliphatic heterocycles. The first kappa shape index (κ1) is 32.7. The summed E-state index contributed by atoms with van der Waals surface area (Å²) in [5, 5.41) is 6.72. The Morgan fingerprint density at radius 3 is 1.65 bits per heavy atom. The van der Waals surface area contributed by atoms with Crippen LogP contribution in [0, 0.1) is 0 Å². The van der Waals surface area contributed by atoms with E-state index in [0.717, 1.165) is 66.1 Å². The van der Waals surface area contributed by atoms with E-state index in [2.05, 4.69) is 176 Å². The monoisotopic (exact) mass is 727 g/mol. The van der Waals surface area contributed by atoms with E-state index in [1.54, 1.807) is 0 Å². The highest BCUT2D eigenvalue weighted by Gasteiger charge is 2.20. The molecule has 0 radical (unpaired) electrons. The second kappa shape index (κ2) is 13.6. The van der Waals surface area contributed by atoms with Crippen molar-refractivity contribution >= 4 is 43.5 Å². The van der Waals surface area contributed by atoms with Crippen molar-refractivity contribution in [2.45, 2.75) is 0 Å². The Bertz CT molecular complexity index is 3290. The fourth-order valence-corrected chi connectivity index (χ4v) is 8.19. The van der Waals surface area contributed by atoms with Crippen LogP contribution in [0.2, 0.25) is 0 Å². The van der Waals surface area contributed by atoms with Crippen molar-refractivity contribution in [1.29, 1.82) is 0 Å². The maximum Gasteiger partial charge on any atom is 0.167 e. The van der Waals surface area contributed by atoms with E-state index in [1.807, 2.05) is 24.3 Å². The highest BCUT2D eigenvalue weighted by Crippen LogP contribution is 2.39. The largest absolute Gasteiger partial charge is 0.455 e. The number of hydrogen-bond donors (Lipinski definition) is 0. The molecule has 0 atom stereocenters. The molecule has 0 bridgehead atoms. The Hall–Kier alpha value is -7.69. The van der Waals surface area contributed by atoms with Gasteiger partial charge in [0.05, 0.1) is 5.56 Å². The summed E-state index contributed by atoms with van der Waals surface area (Å²) in [6, 6.07) is 70.0. The van der Waals surface area contributed by atoms with Gasteiger partial charge < -0.3 is 4.42 Å². The van der Waals surface area contributed by atoms with Crippen molar-refractivity contribution in [3.63, 3.8) is 0 Å². The predicted octanol–water partition coefficient (Wildman–Crippen LogP) is 14.1. The van der Waals surface area contributed by atoms with E-state index in [9.17, 15) is 0 Å². The van der Waals surface area contributed by atoms with Crippen LogP contribution in [-0.4, -0.2) is 15.0 Å². The zero-order valence-electron chi connectivity index (χ0n) is 30.8. The quantitative estimate of drug-likeness (QED) is 0.171. The number of rotatable bonds is 6. The molecule has 0 saturated heterocycles. The maximum atomic E-state index is 6.51. The first-order chi connectivity index (χ1) is 28.2. The molecule has 0 amide bonds. The summed E-state index contributed by atoms with van der Waals surface area (Å²) in [6.07, 6.45) is 0. The summed E-state index contributed by atoms with van der Waals surface area (Å²) in [5.74, 6) is 1.75. The Labute approximate surface area is 329 Å². The molecule has 4 nitrogen and oxygen atoms in total. The molecular weight excluding hydrogens is 695 g/mol. The SMILES string of the molecule is c1ccc(-c2cccc(-c3ccc(-c4nc(-c5ccc(-c6cccc7ccccc67)cc5)nc(-c5cccc6c5oc5ccccc56)n4)c4ccccc34)c2)cc1. The Kier molecular flexibility index (Phi) is 7.78. The lowest BCUT2D eigenvalue weighted by Crippen LogP contribution is -2.01. The van der Waals surface area contributed by atoms with Crippen LogP contribution in [0.3, 0.4) is 0 Å². The van der Waals surface area contributed by atoms with Gasteiger partial charge in [-0.1, -0.05) is 176 Å². The molecule has 0 aliphatic rings. The molecule has 11 rings (SSSR count). The van der Waals surface area contributed by atoms with Gasteiger partial charge in [-0.25, -0.2) is 15.0 Å². The van der Waals surface area contributed by atoms with E-state index >= 15 is 0 Å². The second-order valence-electron chi connectivity index (χ2n) is 14.3. The van der Waals surface area contributed by atoms with E-state index in [-0.39, 0.29) is 0 Å². The summed E-state index contributed by atoms with van der Waals surface area (Å²) in [5.41, 5.74) is 11.2. The number of para-hydroxylation sites is 2. The highest BCUT2D eigenvalue weighted by molar-refractivity contribution is 6.09. The molecule has 0 fully saturated rings. The molecule has 2 aromatic heterocycles. The molecule has 11 aromatic rings. The Morgan fingerprint density at radius 2 is 0.807 bits per heavy atom. The summed E-state index contributed by atoms with van der Waals surface area (Å²) in [4.78, 5) is 15.6. The topological polar surface area (TPSA) is 51.8 Å². The van der Waals surface area contributed by atoms with Crippen LogP contribution in [0.25, 0.3) is 111 Å². The summed E-state index contributed by atoms with van der Waals surface area (Å²) < 4.78 is 6.51. The minimum Gasteiger partial charge on any atom is -0.455 e. The smallest absolute Gasteiger partial charge is 0.167 e. The molecule has 0 saturated carbocycles. The van der Waals surface area contributed by atoms with Crippen LogP contribution >= 0.6 is 0 Å². The second-order valence-corrected chi connectivity index (χ2v) is 14.3. The standard InChI is InChI=1S/C53H33N3O/c1-2-13-34(14-3-1)38-17-10-18-39(33-38)42-31-32-47(44-21-7-6-20-43(42)44)52-54-51(37-29-27-36(28-30-37)41-23-11-16-35-15-4-5-19-40(35)41)55-53(56-52)48-25-12-24-46-45-22-8-9-26-49(45)57-50(46)48/h1-33H. The molecule has 0 aliphatic carbocycles. The fourth-order valence-electron chi connectivity index (χ4n) is 8.19. The fraction of sp³-hybridized carbons (Fsp3) is 0. The third-order valence-corrected chi connectivity index (χ3v) is 11.0. The average Bonchev–Trinajstić information content (AvgIpc) is 3.68. The third kappa shape index (κ3) is 5.74. The summed E-state index contributed by atoms with van der Waals surface area (Å²) in [7, 11) is 0. The van der Waals surface area contributed by atoms with E-state index < -0.39 is 0 Å². The number of fused-ring (bicyclic) bond motifs is 5. The minimum absolute atomic E-state index is 0.557. The van der Waals surface area contributed by atoms with Crippen molar-refractivity contribution < 1.29 is 4.42 Å². The molecule has 266 valence electrons. The van der Waals surface area contributed by atoms with E-state index in [4.69, 9.17) is 19.4 Å². The first-order valence-corrected chi connectivity index (χ1v) is 19.2. The third-order valence-electron chi connectivity index (χ3n) is 11.0. The Morgan fingerprint density at radius 1 is 0.281 bits per heavy atom. The van der Waals surface area contributed by atoms with Crippen molar-refractivity contribution in [1.82, 2.24) is 15.0 Å². The summed E-state index contributed by atoms with van der Waals surface area (Å²) >= 11 is 0. The number of aromatic nitrogens is 3. The van der Waals surface area contributed by atoms with Crippen LogP contribution in [-0.2, 0) is 0 Å². The Balaban J connectivity index is 1.09. The van der Waals surface area contributed by atoms with Crippen LogP contribution < -0.4 is 0 Å². The minimum atomic E-state index is 0.557. The average molecular weight is 728 g/mol. The van der Waals surface area contributed by atoms with Gasteiger partial charge in [0.25, 0.3) is 0 Å². The lowest BCUT2D eigenvalue weighted by Gasteiger charge is -2.14. The lowest BCUT2D eigenvalue weighted by molar-refractivity contribution is 0.669. The van der Waals surface area contributed by atoms with Crippen LogP contribution in [0.4, 0.5) is 0 Å². The van der Waals surface area contributed by atoms with Crippen LogP contribution in [0.1, 0.15) is 0 Å². The number of hydrogen-bond acceptors (Lipinski definition) is 4. The van der Waals surface area contributed by atoms with Gasteiger partial charge in [-0.3, -0.25) is 0 Å². The van der Waals surface area contributed by atoms with Gasteiger partial charge in [-0.2, -0.15) is 0 Å². The van der Waals surface area contributed by atoms with Gasteiger partial charge in [0.1, 0.15) is 11.2 Å². The molecule has 2 heterocycles. The highest BCUT2D eigenvalue weighted by atomic mass is 16.3. The number of furan rings is 1. The molecule has 57 heavy (non-hydrogen) atoms. The zero-order chi connectivity index (χ0) is 37.7. The van der Waals surface area contributed by atoms with Crippen molar-refractivity contribution in [2.75, 3.05) is 0 Å².